The Bertz CT molecular complexity index is 456. The van der Waals surface area contributed by atoms with Crippen LogP contribution in [0.5, 0.6) is 0 Å². The number of hydrogen-bond acceptors (Lipinski definition) is 3. The van der Waals surface area contributed by atoms with Crippen LogP contribution in [-0.4, -0.2) is 61.5 Å². The Balaban J connectivity index is 1.30. The topological polar surface area (TPSA) is 35.6 Å². The lowest BCUT2D eigenvalue weighted by Gasteiger charge is -2.28. The second kappa shape index (κ2) is 11.1. The first-order valence-corrected chi connectivity index (χ1v) is 11.2. The van der Waals surface area contributed by atoms with Crippen molar-refractivity contribution in [2.45, 2.75) is 70.6 Å². The fourth-order valence-electron chi connectivity index (χ4n) is 4.85. The van der Waals surface area contributed by atoms with Crippen LogP contribution < -0.4 is 5.32 Å². The van der Waals surface area contributed by atoms with E-state index < -0.39 is 0 Å². The van der Waals surface area contributed by atoms with Crippen LogP contribution >= 0.6 is 0 Å². The van der Waals surface area contributed by atoms with Gasteiger partial charge in [-0.05, 0) is 70.4 Å². The van der Waals surface area contributed by atoms with Gasteiger partial charge in [0.15, 0.2) is 0 Å². The number of amides is 1. The smallest absolute Gasteiger partial charge is 0.234 e. The van der Waals surface area contributed by atoms with Crippen molar-refractivity contribution in [1.29, 1.82) is 0 Å². The van der Waals surface area contributed by atoms with Crippen LogP contribution in [0.4, 0.5) is 0 Å². The van der Waals surface area contributed by atoms with E-state index in [0.717, 1.165) is 38.5 Å². The maximum Gasteiger partial charge on any atom is 0.234 e. The van der Waals surface area contributed by atoms with Gasteiger partial charge in [-0.15, -0.1) is 0 Å². The van der Waals surface area contributed by atoms with E-state index in [4.69, 9.17) is 0 Å². The highest BCUT2D eigenvalue weighted by atomic mass is 16.2. The molecule has 1 saturated carbocycles. The molecule has 2 aliphatic carbocycles. The summed E-state index contributed by atoms with van der Waals surface area (Å²) >= 11 is 0. The van der Waals surface area contributed by atoms with Crippen LogP contribution in [0.3, 0.4) is 0 Å². The number of nitrogens with one attached hydrogen (secondary N) is 1. The van der Waals surface area contributed by atoms with Gasteiger partial charge < -0.3 is 10.2 Å². The summed E-state index contributed by atoms with van der Waals surface area (Å²) < 4.78 is 0. The third-order valence-electron chi connectivity index (χ3n) is 6.44. The van der Waals surface area contributed by atoms with E-state index >= 15 is 0 Å². The predicted molar refractivity (Wildman–Crippen MR) is 108 cm³/mol. The highest BCUT2D eigenvalue weighted by Crippen LogP contribution is 2.24. The molecule has 3 rings (SSSR count). The highest BCUT2D eigenvalue weighted by Gasteiger charge is 2.21. The molecular weight excluding hydrogens is 322 g/mol. The molecule has 0 aromatic heterocycles. The third-order valence-corrected chi connectivity index (χ3v) is 6.44. The molecule has 2 fully saturated rings. The fourth-order valence-corrected chi connectivity index (χ4v) is 4.85. The molecule has 26 heavy (non-hydrogen) atoms. The van der Waals surface area contributed by atoms with E-state index in [1.807, 2.05) is 0 Å². The number of allylic oxidation sites excluding steroid dienone is 1. The van der Waals surface area contributed by atoms with E-state index in [0.29, 0.717) is 6.54 Å². The maximum atomic E-state index is 12.3. The zero-order valence-electron chi connectivity index (χ0n) is 16.7. The molecule has 0 aromatic carbocycles. The van der Waals surface area contributed by atoms with E-state index in [1.165, 1.54) is 77.3 Å². The molecule has 1 heterocycles. The Hall–Kier alpha value is -0.870. The first-order valence-electron chi connectivity index (χ1n) is 11.2. The molecule has 4 nitrogen and oxygen atoms in total. The molecule has 0 spiro atoms. The number of carbonyl (C=O) groups excluding carboxylic acids is 1. The summed E-state index contributed by atoms with van der Waals surface area (Å²) in [5.74, 6) is 1.13. The fraction of sp³-hybridized carbons (Fsp3) is 0.864. The van der Waals surface area contributed by atoms with E-state index in [2.05, 4.69) is 21.2 Å². The third kappa shape index (κ3) is 7.03. The van der Waals surface area contributed by atoms with Crippen LogP contribution in [0, 0.1) is 5.92 Å². The van der Waals surface area contributed by atoms with Gasteiger partial charge in [0.1, 0.15) is 0 Å². The summed E-state index contributed by atoms with van der Waals surface area (Å²) in [6.45, 7) is 7.14. The molecule has 0 atom stereocenters. The number of nitrogens with zero attached hydrogens (tertiary/aromatic N) is 2. The van der Waals surface area contributed by atoms with E-state index in [9.17, 15) is 4.79 Å². The molecule has 148 valence electrons. The molecule has 1 N–H and O–H groups in total. The lowest BCUT2D eigenvalue weighted by Crippen LogP contribution is -2.40. The van der Waals surface area contributed by atoms with Gasteiger partial charge in [0.25, 0.3) is 0 Å². The van der Waals surface area contributed by atoms with Crippen molar-refractivity contribution in [3.63, 3.8) is 0 Å². The first kappa shape index (κ1) is 19.9. The van der Waals surface area contributed by atoms with Crippen LogP contribution in [0.2, 0.25) is 0 Å². The SMILES string of the molecule is O=C(CN1CCCN(CC2CCCCC2)CC1)NCCC1=CCCCC1. The summed E-state index contributed by atoms with van der Waals surface area (Å²) in [6.07, 6.45) is 16.9. The van der Waals surface area contributed by atoms with Crippen molar-refractivity contribution in [3.05, 3.63) is 11.6 Å². The normalized spacial score (nSPS) is 24.1. The zero-order valence-corrected chi connectivity index (χ0v) is 16.7. The second-order valence-electron chi connectivity index (χ2n) is 8.64. The second-order valence-corrected chi connectivity index (χ2v) is 8.64. The molecule has 0 aromatic rings. The molecule has 1 aliphatic heterocycles. The minimum Gasteiger partial charge on any atom is -0.355 e. The largest absolute Gasteiger partial charge is 0.355 e. The van der Waals surface area contributed by atoms with Gasteiger partial charge in [-0.2, -0.15) is 0 Å². The van der Waals surface area contributed by atoms with Gasteiger partial charge in [-0.3, -0.25) is 9.69 Å². The molecule has 0 bridgehead atoms. The summed E-state index contributed by atoms with van der Waals surface area (Å²) in [4.78, 5) is 17.3. The van der Waals surface area contributed by atoms with Crippen molar-refractivity contribution in [2.24, 2.45) is 5.92 Å². The van der Waals surface area contributed by atoms with Gasteiger partial charge >= 0.3 is 0 Å². The minimum absolute atomic E-state index is 0.210. The first-order chi connectivity index (χ1) is 12.8. The Morgan fingerprint density at radius 3 is 2.58 bits per heavy atom. The molecular formula is C22H39N3O. The number of carbonyl (C=O) groups is 1. The monoisotopic (exact) mass is 361 g/mol. The molecule has 1 amide bonds. The Morgan fingerprint density at radius 2 is 1.77 bits per heavy atom. The van der Waals surface area contributed by atoms with Crippen molar-refractivity contribution < 1.29 is 4.79 Å². The number of rotatable bonds is 7. The van der Waals surface area contributed by atoms with E-state index in [1.54, 1.807) is 5.57 Å². The van der Waals surface area contributed by atoms with Gasteiger partial charge in [0.2, 0.25) is 5.91 Å². The van der Waals surface area contributed by atoms with Gasteiger partial charge in [-0.1, -0.05) is 30.9 Å². The molecule has 0 unspecified atom stereocenters. The van der Waals surface area contributed by atoms with Crippen LogP contribution in [-0.2, 0) is 4.79 Å². The van der Waals surface area contributed by atoms with Gasteiger partial charge in [-0.25, -0.2) is 0 Å². The molecule has 4 heteroatoms. The molecule has 3 aliphatic rings. The van der Waals surface area contributed by atoms with Crippen LogP contribution in [0.25, 0.3) is 0 Å². The summed E-state index contributed by atoms with van der Waals surface area (Å²) in [5.41, 5.74) is 1.55. The van der Waals surface area contributed by atoms with Gasteiger partial charge in [0, 0.05) is 26.2 Å². The predicted octanol–water partition coefficient (Wildman–Crippen LogP) is 3.58. The summed E-state index contributed by atoms with van der Waals surface area (Å²) in [7, 11) is 0. The lowest BCUT2D eigenvalue weighted by molar-refractivity contribution is -0.122. The summed E-state index contributed by atoms with van der Waals surface area (Å²) in [6, 6.07) is 0. The van der Waals surface area contributed by atoms with Crippen molar-refractivity contribution in [1.82, 2.24) is 15.1 Å². The Kier molecular flexibility index (Phi) is 8.47. The Morgan fingerprint density at radius 1 is 0.962 bits per heavy atom. The number of hydrogen-bond donors (Lipinski definition) is 1. The Labute approximate surface area is 160 Å². The van der Waals surface area contributed by atoms with Crippen molar-refractivity contribution in [2.75, 3.05) is 45.8 Å². The minimum atomic E-state index is 0.210. The summed E-state index contributed by atoms with van der Waals surface area (Å²) in [5, 5.41) is 3.14. The van der Waals surface area contributed by atoms with Crippen molar-refractivity contribution >= 4 is 5.91 Å². The standard InChI is InChI=1S/C22H39N3O/c26-22(23-13-12-20-8-3-1-4-9-20)19-25-15-7-14-24(16-17-25)18-21-10-5-2-6-11-21/h8,21H,1-7,9-19H2,(H,23,26). The average molecular weight is 362 g/mol. The van der Waals surface area contributed by atoms with Crippen LogP contribution in [0.1, 0.15) is 70.6 Å². The molecule has 1 saturated heterocycles. The van der Waals surface area contributed by atoms with Gasteiger partial charge in [0.05, 0.1) is 6.54 Å². The lowest BCUT2D eigenvalue weighted by atomic mass is 9.89. The quantitative estimate of drug-likeness (QED) is 0.704. The van der Waals surface area contributed by atoms with E-state index in [-0.39, 0.29) is 5.91 Å². The van der Waals surface area contributed by atoms with Crippen molar-refractivity contribution in [3.8, 4) is 0 Å². The van der Waals surface area contributed by atoms with Crippen LogP contribution in [0.15, 0.2) is 11.6 Å². The molecule has 0 radical (unpaired) electrons. The zero-order chi connectivity index (χ0) is 18.0. The highest BCUT2D eigenvalue weighted by molar-refractivity contribution is 5.78. The maximum absolute atomic E-state index is 12.3. The average Bonchev–Trinajstić information content (AvgIpc) is 2.89.